The van der Waals surface area contributed by atoms with Gasteiger partial charge in [0.1, 0.15) is 11.7 Å². The molecule has 4 nitrogen and oxygen atoms in total. The van der Waals surface area contributed by atoms with Gasteiger partial charge in [-0.2, -0.15) is 0 Å². The highest BCUT2D eigenvalue weighted by molar-refractivity contribution is 5.68. The van der Waals surface area contributed by atoms with Crippen LogP contribution < -0.4 is 0 Å². The topological polar surface area (TPSA) is 58.9 Å². The summed E-state index contributed by atoms with van der Waals surface area (Å²) in [5.41, 5.74) is 5.42. The number of fused-ring (bicyclic) bond motifs is 2. The summed E-state index contributed by atoms with van der Waals surface area (Å²) in [6.45, 7) is 13.1. The number of aryl methyl sites for hydroxylation is 1. The second kappa shape index (κ2) is 6.27. The Morgan fingerprint density at radius 1 is 1.03 bits per heavy atom. The Labute approximate surface area is 192 Å². The molecular formula is C28H38O4. The molecule has 0 radical (unpaired) electrons. The van der Waals surface area contributed by atoms with E-state index in [4.69, 9.17) is 9.47 Å². The van der Waals surface area contributed by atoms with E-state index >= 15 is 0 Å². The van der Waals surface area contributed by atoms with Crippen LogP contribution in [-0.2, 0) is 27.9 Å². The van der Waals surface area contributed by atoms with Crippen molar-refractivity contribution in [3.63, 3.8) is 0 Å². The first kappa shape index (κ1) is 21.3. The van der Waals surface area contributed by atoms with Crippen molar-refractivity contribution in [2.24, 2.45) is 23.2 Å². The van der Waals surface area contributed by atoms with E-state index in [-0.39, 0.29) is 23.4 Å². The molecule has 5 aliphatic rings. The average molecular weight is 439 g/mol. The second-order valence-corrected chi connectivity index (χ2v) is 12.1. The fourth-order valence-corrected chi connectivity index (χ4v) is 8.19. The minimum Gasteiger partial charge on any atom is -0.393 e. The van der Waals surface area contributed by atoms with E-state index in [9.17, 15) is 10.2 Å². The Balaban J connectivity index is 1.56. The van der Waals surface area contributed by atoms with Crippen molar-refractivity contribution in [1.82, 2.24) is 0 Å². The lowest BCUT2D eigenvalue weighted by Gasteiger charge is -2.60. The number of aliphatic hydroxyl groups excluding tert-OH is 2. The van der Waals surface area contributed by atoms with Crippen molar-refractivity contribution in [3.8, 4) is 0 Å². The van der Waals surface area contributed by atoms with Crippen LogP contribution in [0.2, 0.25) is 0 Å². The molecule has 2 aliphatic heterocycles. The Bertz CT molecular complexity index is 1030. The summed E-state index contributed by atoms with van der Waals surface area (Å²) < 4.78 is 14.0. The molecule has 8 atom stereocenters. The van der Waals surface area contributed by atoms with Gasteiger partial charge in [0, 0.05) is 17.3 Å². The van der Waals surface area contributed by atoms with E-state index in [1.165, 1.54) is 27.8 Å². The van der Waals surface area contributed by atoms with Crippen LogP contribution >= 0.6 is 0 Å². The van der Waals surface area contributed by atoms with E-state index < -0.39 is 23.1 Å². The maximum absolute atomic E-state index is 11.5. The van der Waals surface area contributed by atoms with Gasteiger partial charge in [-0.15, -0.1) is 0 Å². The van der Waals surface area contributed by atoms with Crippen LogP contribution in [0.15, 0.2) is 12.1 Å². The van der Waals surface area contributed by atoms with Gasteiger partial charge in [0.2, 0.25) is 0 Å². The summed E-state index contributed by atoms with van der Waals surface area (Å²) >= 11 is 0. The normalized spacial score (nSPS) is 47.9. The number of hydrogen-bond donors (Lipinski definition) is 2. The van der Waals surface area contributed by atoms with Gasteiger partial charge >= 0.3 is 0 Å². The van der Waals surface area contributed by atoms with Crippen LogP contribution in [0.1, 0.15) is 81.7 Å². The Hall–Kier alpha value is -1.20. The first-order valence-electron chi connectivity index (χ1n) is 12.6. The van der Waals surface area contributed by atoms with Crippen molar-refractivity contribution in [1.29, 1.82) is 0 Å². The van der Waals surface area contributed by atoms with E-state index in [0.29, 0.717) is 5.92 Å². The minimum absolute atomic E-state index is 0.00420. The monoisotopic (exact) mass is 438 g/mol. The van der Waals surface area contributed by atoms with Gasteiger partial charge < -0.3 is 19.7 Å². The summed E-state index contributed by atoms with van der Waals surface area (Å²) in [7, 11) is 0. The highest BCUT2D eigenvalue weighted by Gasteiger charge is 2.74. The summed E-state index contributed by atoms with van der Waals surface area (Å²) in [5.74, 6) is -0.501. The maximum atomic E-state index is 11.5. The van der Waals surface area contributed by atoms with E-state index in [1.807, 2.05) is 0 Å². The number of ether oxygens (including phenoxy) is 2. The standard InChI is InChI=1S/C28H38O4/c1-15-20-9-11-26(6)22-10-12-27(26,23(20)13-18-7-8-19(29)14-21(15)18)32-28(16(22)2)24(30)17(3)25(4,5)31-28/h9,11,13,16-17,19,22,24,29-30H,7-8,10,12,14H2,1-6H3/t16-,17-,19-,22-,24+,26+,27+,28-/m0/s1. The zero-order valence-corrected chi connectivity index (χ0v) is 20.4. The molecule has 174 valence electrons. The summed E-state index contributed by atoms with van der Waals surface area (Å²) in [6.07, 6.45) is 8.31. The molecule has 1 aromatic carbocycles. The molecule has 6 rings (SSSR count). The second-order valence-electron chi connectivity index (χ2n) is 12.1. The zero-order valence-electron chi connectivity index (χ0n) is 20.4. The lowest BCUT2D eigenvalue weighted by atomic mass is 9.57. The number of rotatable bonds is 0. The van der Waals surface area contributed by atoms with E-state index in [2.05, 4.69) is 59.8 Å². The third-order valence-electron chi connectivity index (χ3n) is 10.5. The zero-order chi connectivity index (χ0) is 22.8. The first-order valence-corrected chi connectivity index (χ1v) is 12.6. The molecule has 1 aromatic rings. The molecule has 1 saturated carbocycles. The molecule has 0 aromatic heterocycles. The van der Waals surface area contributed by atoms with Crippen LogP contribution in [-0.4, -0.2) is 33.8 Å². The third kappa shape index (κ3) is 2.28. The minimum atomic E-state index is -0.980. The Morgan fingerprint density at radius 3 is 2.47 bits per heavy atom. The molecule has 0 unspecified atom stereocenters. The van der Waals surface area contributed by atoms with Crippen LogP contribution in [0, 0.1) is 30.1 Å². The highest BCUT2D eigenvalue weighted by atomic mass is 16.7. The molecular weight excluding hydrogens is 400 g/mol. The van der Waals surface area contributed by atoms with Gasteiger partial charge in [-0.1, -0.05) is 39.0 Å². The molecule has 2 bridgehead atoms. The van der Waals surface area contributed by atoms with Crippen LogP contribution in [0.25, 0.3) is 6.08 Å². The molecule has 0 amide bonds. The van der Waals surface area contributed by atoms with Crippen molar-refractivity contribution < 1.29 is 19.7 Å². The van der Waals surface area contributed by atoms with Gasteiger partial charge in [-0.3, -0.25) is 0 Å². The molecule has 2 N–H and O–H groups in total. The SMILES string of the molecule is Cc1c2c(cc3c1C[C@@H](O)CC3)[C@@]13CC[C@@H]([C@H](C)[C@]4(OC(C)(C)[C@@H](C)[C@H]4O)O1)[C@@]3(C)C=C2. The first-order chi connectivity index (χ1) is 15.0. The van der Waals surface area contributed by atoms with Crippen molar-refractivity contribution in [2.75, 3.05) is 0 Å². The number of hydrogen-bond acceptors (Lipinski definition) is 4. The predicted octanol–water partition coefficient (Wildman–Crippen LogP) is 4.65. The van der Waals surface area contributed by atoms with Gasteiger partial charge in [-0.25, -0.2) is 0 Å². The van der Waals surface area contributed by atoms with Gasteiger partial charge in [-0.05, 0) is 86.6 Å². The largest absolute Gasteiger partial charge is 0.393 e. The average Bonchev–Trinajstić information content (AvgIpc) is 3.06. The van der Waals surface area contributed by atoms with Crippen LogP contribution in [0.5, 0.6) is 0 Å². The van der Waals surface area contributed by atoms with Gasteiger partial charge in [0.25, 0.3) is 0 Å². The Morgan fingerprint density at radius 2 is 1.78 bits per heavy atom. The number of benzene rings is 1. The van der Waals surface area contributed by atoms with Crippen molar-refractivity contribution >= 4 is 6.08 Å². The molecule has 4 heteroatoms. The van der Waals surface area contributed by atoms with Crippen LogP contribution in [0.3, 0.4) is 0 Å². The third-order valence-corrected chi connectivity index (χ3v) is 10.5. The summed E-state index contributed by atoms with van der Waals surface area (Å²) in [6, 6.07) is 2.38. The smallest absolute Gasteiger partial charge is 0.199 e. The van der Waals surface area contributed by atoms with Gasteiger partial charge in [0.05, 0.1) is 11.7 Å². The van der Waals surface area contributed by atoms with Crippen molar-refractivity contribution in [3.05, 3.63) is 40.0 Å². The lowest BCUT2D eigenvalue weighted by Crippen LogP contribution is -2.64. The van der Waals surface area contributed by atoms with Crippen molar-refractivity contribution in [2.45, 2.75) is 103 Å². The highest BCUT2D eigenvalue weighted by Crippen LogP contribution is 2.71. The lowest BCUT2D eigenvalue weighted by molar-refractivity contribution is -0.382. The fourth-order valence-electron chi connectivity index (χ4n) is 8.19. The fraction of sp³-hybridized carbons (Fsp3) is 0.714. The molecule has 1 spiro atoms. The van der Waals surface area contributed by atoms with Crippen LogP contribution in [0.4, 0.5) is 0 Å². The maximum Gasteiger partial charge on any atom is 0.199 e. The quantitative estimate of drug-likeness (QED) is 0.619. The molecule has 2 saturated heterocycles. The molecule has 2 heterocycles. The van der Waals surface area contributed by atoms with E-state index in [0.717, 1.165) is 32.1 Å². The predicted molar refractivity (Wildman–Crippen MR) is 124 cm³/mol. The summed E-state index contributed by atoms with van der Waals surface area (Å²) in [5, 5.41) is 21.8. The molecule has 32 heavy (non-hydrogen) atoms. The number of aliphatic hydroxyl groups is 2. The Kier molecular flexibility index (Phi) is 4.18. The van der Waals surface area contributed by atoms with E-state index in [1.54, 1.807) is 0 Å². The molecule has 3 aliphatic carbocycles. The van der Waals surface area contributed by atoms with Gasteiger partial charge in [0.15, 0.2) is 5.79 Å². The molecule has 3 fully saturated rings. The summed E-state index contributed by atoms with van der Waals surface area (Å²) in [4.78, 5) is 0.